The normalized spacial score (nSPS) is 16.4. The van der Waals surface area contributed by atoms with Crippen LogP contribution < -0.4 is 10.9 Å². The summed E-state index contributed by atoms with van der Waals surface area (Å²) >= 11 is 1.45. The fourth-order valence-corrected chi connectivity index (χ4v) is 3.90. The second-order valence-electron chi connectivity index (χ2n) is 6.86. The number of aromatic nitrogens is 2. The third-order valence-electron chi connectivity index (χ3n) is 4.88. The molecule has 0 saturated carbocycles. The lowest BCUT2D eigenvalue weighted by Gasteiger charge is -2.30. The minimum absolute atomic E-state index is 0.00965. The summed E-state index contributed by atoms with van der Waals surface area (Å²) in [5.74, 6) is 0.840. The molecule has 1 aliphatic heterocycles. The van der Waals surface area contributed by atoms with Crippen molar-refractivity contribution in [1.82, 2.24) is 19.8 Å². The summed E-state index contributed by atoms with van der Waals surface area (Å²) in [6.45, 7) is 6.78. The molecule has 3 heterocycles. The predicted octanol–water partition coefficient (Wildman–Crippen LogP) is 2.09. The number of nitrogens with one attached hydrogen (secondary N) is 1. The van der Waals surface area contributed by atoms with E-state index in [1.807, 2.05) is 5.38 Å². The van der Waals surface area contributed by atoms with Gasteiger partial charge in [-0.1, -0.05) is 6.92 Å². The molecule has 1 N–H and O–H groups in total. The van der Waals surface area contributed by atoms with E-state index in [1.165, 1.54) is 48.2 Å². The maximum Gasteiger partial charge on any atom is 0.262 e. The summed E-state index contributed by atoms with van der Waals surface area (Å²) < 4.78 is 1.52. The van der Waals surface area contributed by atoms with Crippen LogP contribution in [-0.4, -0.2) is 46.5 Å². The molecule has 1 fully saturated rings. The highest BCUT2D eigenvalue weighted by molar-refractivity contribution is 7.16. The second kappa shape index (κ2) is 8.58. The Labute approximate surface area is 151 Å². The van der Waals surface area contributed by atoms with Crippen molar-refractivity contribution in [2.24, 2.45) is 5.92 Å². The average molecular weight is 362 g/mol. The Morgan fingerprint density at radius 3 is 2.96 bits per heavy atom. The van der Waals surface area contributed by atoms with Gasteiger partial charge in [-0.2, -0.15) is 0 Å². The van der Waals surface area contributed by atoms with Crippen LogP contribution in [0.5, 0.6) is 0 Å². The summed E-state index contributed by atoms with van der Waals surface area (Å²) in [4.78, 5) is 31.7. The van der Waals surface area contributed by atoms with E-state index in [0.717, 1.165) is 23.7 Å². The van der Waals surface area contributed by atoms with E-state index in [2.05, 4.69) is 22.1 Å². The van der Waals surface area contributed by atoms with E-state index in [0.29, 0.717) is 24.9 Å². The number of rotatable bonds is 7. The molecule has 1 saturated heterocycles. The molecule has 1 aliphatic rings. The quantitative estimate of drug-likeness (QED) is 0.766. The summed E-state index contributed by atoms with van der Waals surface area (Å²) in [5, 5.41) is 5.44. The van der Waals surface area contributed by atoms with Gasteiger partial charge in [0.1, 0.15) is 4.83 Å². The second-order valence-corrected chi connectivity index (χ2v) is 7.75. The molecule has 136 valence electrons. The van der Waals surface area contributed by atoms with Crippen molar-refractivity contribution >= 4 is 27.5 Å². The number of hydrogen-bond donors (Lipinski definition) is 1. The summed E-state index contributed by atoms with van der Waals surface area (Å²) in [5.41, 5.74) is -0.0709. The smallest absolute Gasteiger partial charge is 0.262 e. The number of piperidine rings is 1. The van der Waals surface area contributed by atoms with Gasteiger partial charge < -0.3 is 10.2 Å². The molecule has 0 radical (unpaired) electrons. The number of hydrogen-bond acceptors (Lipinski definition) is 5. The molecule has 3 rings (SSSR count). The van der Waals surface area contributed by atoms with Crippen molar-refractivity contribution in [1.29, 1.82) is 0 Å². The van der Waals surface area contributed by atoms with Crippen LogP contribution in [0.3, 0.4) is 0 Å². The van der Waals surface area contributed by atoms with Gasteiger partial charge in [0.2, 0.25) is 5.91 Å². The molecular formula is C18H26N4O2S. The van der Waals surface area contributed by atoms with Crippen molar-refractivity contribution in [3.05, 3.63) is 28.1 Å². The number of fused-ring (bicyclic) bond motifs is 1. The highest BCUT2D eigenvalue weighted by Gasteiger charge is 2.14. The molecule has 2 aromatic rings. The molecule has 0 bridgehead atoms. The zero-order chi connectivity index (χ0) is 17.6. The standard InChI is InChI=1S/C18H26N4O2S/c1-14-3-9-21(10-4-14)8-2-7-19-16(23)5-11-22-13-20-17-15(18(22)24)6-12-25-17/h6,12-14H,2-5,7-11H2,1H3,(H,19,23). The topological polar surface area (TPSA) is 67.2 Å². The Balaban J connectivity index is 1.36. The SMILES string of the molecule is CC1CCN(CCCNC(=O)CCn2cnc3sccc3c2=O)CC1. The Bertz CT molecular complexity index is 762. The summed E-state index contributed by atoms with van der Waals surface area (Å²) in [6.07, 6.45) is 5.37. The minimum Gasteiger partial charge on any atom is -0.356 e. The summed E-state index contributed by atoms with van der Waals surface area (Å²) in [7, 11) is 0. The van der Waals surface area contributed by atoms with Crippen LogP contribution in [0.1, 0.15) is 32.6 Å². The number of nitrogens with zero attached hydrogens (tertiary/aromatic N) is 3. The molecule has 2 aromatic heterocycles. The van der Waals surface area contributed by atoms with Gasteiger partial charge in [-0.15, -0.1) is 11.3 Å². The molecular weight excluding hydrogens is 336 g/mol. The van der Waals surface area contributed by atoms with Crippen molar-refractivity contribution in [3.63, 3.8) is 0 Å². The van der Waals surface area contributed by atoms with E-state index < -0.39 is 0 Å². The van der Waals surface area contributed by atoms with Crippen LogP contribution in [0.25, 0.3) is 10.2 Å². The molecule has 0 aliphatic carbocycles. The lowest BCUT2D eigenvalue weighted by Crippen LogP contribution is -2.35. The number of carbonyl (C=O) groups is 1. The zero-order valence-corrected chi connectivity index (χ0v) is 15.6. The summed E-state index contributed by atoms with van der Waals surface area (Å²) in [6, 6.07) is 1.78. The van der Waals surface area contributed by atoms with Crippen LogP contribution in [0, 0.1) is 5.92 Å². The number of likely N-dealkylation sites (tertiary alicyclic amines) is 1. The van der Waals surface area contributed by atoms with Crippen LogP contribution in [0.2, 0.25) is 0 Å². The first-order chi connectivity index (χ1) is 12.1. The van der Waals surface area contributed by atoms with E-state index in [4.69, 9.17) is 0 Å². The van der Waals surface area contributed by atoms with Crippen LogP contribution in [-0.2, 0) is 11.3 Å². The Morgan fingerprint density at radius 1 is 1.36 bits per heavy atom. The highest BCUT2D eigenvalue weighted by Crippen LogP contribution is 2.15. The van der Waals surface area contributed by atoms with E-state index in [-0.39, 0.29) is 11.5 Å². The Morgan fingerprint density at radius 2 is 2.16 bits per heavy atom. The maximum atomic E-state index is 12.3. The number of aryl methyl sites for hydroxylation is 1. The third-order valence-corrected chi connectivity index (χ3v) is 5.70. The molecule has 1 amide bonds. The van der Waals surface area contributed by atoms with Gasteiger partial charge in [0, 0.05) is 19.5 Å². The molecule has 0 unspecified atom stereocenters. The first-order valence-electron chi connectivity index (χ1n) is 9.05. The number of carbonyl (C=O) groups excluding carboxylic acids is 1. The van der Waals surface area contributed by atoms with E-state index in [1.54, 1.807) is 6.07 Å². The molecule has 0 spiro atoms. The first kappa shape index (κ1) is 18.1. The average Bonchev–Trinajstić information content (AvgIpc) is 3.09. The molecule has 0 aromatic carbocycles. The fraction of sp³-hybridized carbons (Fsp3) is 0.611. The van der Waals surface area contributed by atoms with Crippen molar-refractivity contribution in [2.75, 3.05) is 26.2 Å². The van der Waals surface area contributed by atoms with E-state index in [9.17, 15) is 9.59 Å². The van der Waals surface area contributed by atoms with Crippen LogP contribution in [0.15, 0.2) is 22.6 Å². The van der Waals surface area contributed by atoms with E-state index >= 15 is 0 Å². The van der Waals surface area contributed by atoms with Gasteiger partial charge >= 0.3 is 0 Å². The van der Waals surface area contributed by atoms with Gasteiger partial charge in [0.15, 0.2) is 0 Å². The van der Waals surface area contributed by atoms with Crippen molar-refractivity contribution in [2.45, 2.75) is 39.2 Å². The van der Waals surface area contributed by atoms with Gasteiger partial charge in [-0.3, -0.25) is 14.2 Å². The number of amides is 1. The van der Waals surface area contributed by atoms with Crippen LogP contribution >= 0.6 is 11.3 Å². The van der Waals surface area contributed by atoms with Gasteiger partial charge in [0.25, 0.3) is 5.56 Å². The first-order valence-corrected chi connectivity index (χ1v) is 9.93. The van der Waals surface area contributed by atoms with Gasteiger partial charge in [0.05, 0.1) is 11.7 Å². The molecule has 0 atom stereocenters. The maximum absolute atomic E-state index is 12.3. The van der Waals surface area contributed by atoms with Crippen molar-refractivity contribution < 1.29 is 4.79 Å². The molecule has 7 heteroatoms. The third kappa shape index (κ3) is 4.89. The van der Waals surface area contributed by atoms with Gasteiger partial charge in [-0.25, -0.2) is 4.98 Å². The molecule has 25 heavy (non-hydrogen) atoms. The van der Waals surface area contributed by atoms with Gasteiger partial charge in [-0.05, 0) is 56.3 Å². The largest absolute Gasteiger partial charge is 0.356 e. The molecule has 6 nitrogen and oxygen atoms in total. The van der Waals surface area contributed by atoms with Crippen molar-refractivity contribution in [3.8, 4) is 0 Å². The van der Waals surface area contributed by atoms with Crippen LogP contribution in [0.4, 0.5) is 0 Å². The predicted molar refractivity (Wildman–Crippen MR) is 101 cm³/mol. The fourth-order valence-electron chi connectivity index (χ4n) is 3.18. The lowest BCUT2D eigenvalue weighted by molar-refractivity contribution is -0.121. The lowest BCUT2D eigenvalue weighted by atomic mass is 9.99. The zero-order valence-electron chi connectivity index (χ0n) is 14.7. The Hall–Kier alpha value is -1.73. The minimum atomic E-state index is -0.0709. The number of thiophene rings is 1. The monoisotopic (exact) mass is 362 g/mol. The highest BCUT2D eigenvalue weighted by atomic mass is 32.1. The Kier molecular flexibility index (Phi) is 6.20.